The number of ether oxygens (including phenoxy) is 1. The summed E-state index contributed by atoms with van der Waals surface area (Å²) in [6.45, 7) is 4.65. The molecule has 1 unspecified atom stereocenters. The Kier molecular flexibility index (Phi) is 6.40. The van der Waals surface area contributed by atoms with Crippen LogP contribution < -0.4 is 5.32 Å². The molecular weight excluding hydrogens is 240 g/mol. The van der Waals surface area contributed by atoms with Gasteiger partial charge in [-0.25, -0.2) is 8.42 Å². The van der Waals surface area contributed by atoms with Crippen molar-refractivity contribution >= 4 is 10.0 Å². The molecule has 0 aromatic carbocycles. The second-order valence-corrected chi connectivity index (χ2v) is 6.46. The summed E-state index contributed by atoms with van der Waals surface area (Å²) in [5.74, 6) is 0.0833. The number of methoxy groups -OCH3 is 1. The minimum absolute atomic E-state index is 0.0833. The molecule has 1 aliphatic heterocycles. The minimum atomic E-state index is -3.18. The summed E-state index contributed by atoms with van der Waals surface area (Å²) in [5, 5.41) is 3.26. The maximum Gasteiger partial charge on any atom is 0.216 e. The van der Waals surface area contributed by atoms with E-state index in [0.29, 0.717) is 6.54 Å². The molecule has 0 aromatic heterocycles. The van der Waals surface area contributed by atoms with Gasteiger partial charge in [0, 0.05) is 26.2 Å². The van der Waals surface area contributed by atoms with Gasteiger partial charge in [-0.1, -0.05) is 6.92 Å². The molecule has 1 saturated heterocycles. The first-order valence-corrected chi connectivity index (χ1v) is 7.92. The lowest BCUT2D eigenvalue weighted by atomic mass is 10.1. The lowest BCUT2D eigenvalue weighted by Crippen LogP contribution is -2.49. The lowest BCUT2D eigenvalue weighted by molar-refractivity contribution is 0.212. The molecule has 1 atom stereocenters. The van der Waals surface area contributed by atoms with Crippen molar-refractivity contribution in [3.63, 3.8) is 0 Å². The van der Waals surface area contributed by atoms with Crippen molar-refractivity contribution in [2.75, 3.05) is 39.1 Å². The molecule has 1 rings (SSSR count). The van der Waals surface area contributed by atoms with Gasteiger partial charge in [0.15, 0.2) is 0 Å². The van der Waals surface area contributed by atoms with Crippen LogP contribution in [0.15, 0.2) is 0 Å². The molecular formula is C11H24N2O3S. The largest absolute Gasteiger partial charge is 0.384 e. The Hall–Kier alpha value is -0.170. The molecule has 0 aromatic rings. The summed E-state index contributed by atoms with van der Waals surface area (Å²) in [6.07, 6.45) is 2.85. The van der Waals surface area contributed by atoms with Crippen LogP contribution in [-0.4, -0.2) is 57.9 Å². The zero-order valence-electron chi connectivity index (χ0n) is 10.8. The first-order valence-electron chi connectivity index (χ1n) is 6.31. The van der Waals surface area contributed by atoms with Crippen LogP contribution in [0.5, 0.6) is 0 Å². The molecule has 6 heteroatoms. The Labute approximate surface area is 105 Å². The molecule has 0 saturated carbocycles. The normalized spacial score (nSPS) is 21.9. The van der Waals surface area contributed by atoms with Gasteiger partial charge in [-0.15, -0.1) is 0 Å². The molecule has 0 bridgehead atoms. The number of piperidine rings is 1. The fraction of sp³-hybridized carbons (Fsp3) is 1.00. The molecule has 1 aliphatic rings. The molecule has 102 valence electrons. The van der Waals surface area contributed by atoms with Crippen molar-refractivity contribution in [2.24, 2.45) is 0 Å². The van der Waals surface area contributed by atoms with E-state index in [2.05, 4.69) is 5.32 Å². The van der Waals surface area contributed by atoms with Gasteiger partial charge < -0.3 is 10.1 Å². The molecule has 0 radical (unpaired) electrons. The first kappa shape index (κ1) is 14.9. The highest BCUT2D eigenvalue weighted by Crippen LogP contribution is 2.15. The van der Waals surface area contributed by atoms with Gasteiger partial charge in [0.05, 0.1) is 12.4 Å². The average molecular weight is 264 g/mol. The summed E-state index contributed by atoms with van der Waals surface area (Å²) < 4.78 is 30.9. The zero-order chi connectivity index (χ0) is 12.7. The van der Waals surface area contributed by atoms with Gasteiger partial charge in [-0.05, 0) is 25.8 Å². The third kappa shape index (κ3) is 4.54. The summed E-state index contributed by atoms with van der Waals surface area (Å²) >= 11 is 0. The molecule has 1 N–H and O–H groups in total. The third-order valence-electron chi connectivity index (χ3n) is 3.02. The smallest absolute Gasteiger partial charge is 0.216 e. The van der Waals surface area contributed by atoms with Crippen LogP contribution in [0, 0.1) is 0 Å². The van der Waals surface area contributed by atoms with Crippen LogP contribution in [0.2, 0.25) is 0 Å². The van der Waals surface area contributed by atoms with Gasteiger partial charge in [0.25, 0.3) is 0 Å². The number of nitrogens with one attached hydrogen (secondary N) is 1. The summed E-state index contributed by atoms with van der Waals surface area (Å²) in [4.78, 5) is 0. The number of hydrogen-bond donors (Lipinski definition) is 1. The standard InChI is InChI=1S/C11H24N2O3S/c1-3-7-13(11-5-4-6-12-10-11)17(14,15)9-8-16-2/h11-12H,3-10H2,1-2H3. The van der Waals surface area contributed by atoms with Gasteiger partial charge >= 0.3 is 0 Å². The van der Waals surface area contributed by atoms with Crippen molar-refractivity contribution in [1.82, 2.24) is 9.62 Å². The second-order valence-electron chi connectivity index (χ2n) is 4.42. The monoisotopic (exact) mass is 264 g/mol. The Bertz CT molecular complexity index is 300. The van der Waals surface area contributed by atoms with Crippen molar-refractivity contribution in [2.45, 2.75) is 32.2 Å². The highest BCUT2D eigenvalue weighted by atomic mass is 32.2. The summed E-state index contributed by atoms with van der Waals surface area (Å²) in [7, 11) is -1.65. The second kappa shape index (κ2) is 7.31. The van der Waals surface area contributed by atoms with E-state index in [1.54, 1.807) is 4.31 Å². The number of nitrogens with zero attached hydrogens (tertiary/aromatic N) is 1. The van der Waals surface area contributed by atoms with E-state index in [1.807, 2.05) is 6.92 Å². The first-order chi connectivity index (χ1) is 8.11. The molecule has 17 heavy (non-hydrogen) atoms. The maximum absolute atomic E-state index is 12.2. The van der Waals surface area contributed by atoms with E-state index < -0.39 is 10.0 Å². The van der Waals surface area contributed by atoms with Crippen LogP contribution in [-0.2, 0) is 14.8 Å². The van der Waals surface area contributed by atoms with E-state index in [9.17, 15) is 8.42 Å². The number of rotatable bonds is 7. The highest BCUT2D eigenvalue weighted by molar-refractivity contribution is 7.89. The van der Waals surface area contributed by atoms with Gasteiger partial charge in [0.2, 0.25) is 10.0 Å². The molecule has 0 amide bonds. The van der Waals surface area contributed by atoms with E-state index in [1.165, 1.54) is 7.11 Å². The summed E-state index contributed by atoms with van der Waals surface area (Å²) in [6, 6.07) is 0.116. The number of hydrogen-bond acceptors (Lipinski definition) is 4. The maximum atomic E-state index is 12.2. The van der Waals surface area contributed by atoms with Gasteiger partial charge in [0.1, 0.15) is 0 Å². The quantitative estimate of drug-likeness (QED) is 0.724. The van der Waals surface area contributed by atoms with E-state index in [4.69, 9.17) is 4.74 Å². The molecule has 5 nitrogen and oxygen atoms in total. The van der Waals surface area contributed by atoms with Crippen LogP contribution >= 0.6 is 0 Å². The van der Waals surface area contributed by atoms with Crippen LogP contribution in [0.3, 0.4) is 0 Å². The average Bonchev–Trinajstić information content (AvgIpc) is 2.34. The zero-order valence-corrected chi connectivity index (χ0v) is 11.6. The Morgan fingerprint density at radius 2 is 2.24 bits per heavy atom. The van der Waals surface area contributed by atoms with Crippen molar-refractivity contribution in [3.05, 3.63) is 0 Å². The number of sulfonamides is 1. The topological polar surface area (TPSA) is 58.6 Å². The van der Waals surface area contributed by atoms with E-state index in [0.717, 1.165) is 32.4 Å². The molecule has 1 heterocycles. The predicted molar refractivity (Wildman–Crippen MR) is 68.6 cm³/mol. The third-order valence-corrected chi connectivity index (χ3v) is 4.90. The van der Waals surface area contributed by atoms with Crippen molar-refractivity contribution in [3.8, 4) is 0 Å². The van der Waals surface area contributed by atoms with Crippen molar-refractivity contribution in [1.29, 1.82) is 0 Å². The minimum Gasteiger partial charge on any atom is -0.384 e. The lowest BCUT2D eigenvalue weighted by Gasteiger charge is -2.33. The Morgan fingerprint density at radius 1 is 1.47 bits per heavy atom. The van der Waals surface area contributed by atoms with Crippen molar-refractivity contribution < 1.29 is 13.2 Å². The van der Waals surface area contributed by atoms with E-state index in [-0.39, 0.29) is 18.4 Å². The van der Waals surface area contributed by atoms with Gasteiger partial charge in [-0.3, -0.25) is 0 Å². The molecule has 1 fully saturated rings. The molecule has 0 aliphatic carbocycles. The van der Waals surface area contributed by atoms with Crippen LogP contribution in [0.4, 0.5) is 0 Å². The Morgan fingerprint density at radius 3 is 2.76 bits per heavy atom. The van der Waals surface area contributed by atoms with Crippen LogP contribution in [0.1, 0.15) is 26.2 Å². The van der Waals surface area contributed by atoms with Gasteiger partial charge in [-0.2, -0.15) is 4.31 Å². The summed E-state index contributed by atoms with van der Waals surface area (Å²) in [5.41, 5.74) is 0. The van der Waals surface area contributed by atoms with E-state index >= 15 is 0 Å². The highest BCUT2D eigenvalue weighted by Gasteiger charge is 2.29. The predicted octanol–water partition coefficient (Wildman–Crippen LogP) is 0.427. The fourth-order valence-electron chi connectivity index (χ4n) is 2.15. The fourth-order valence-corrected chi connectivity index (χ4v) is 3.86. The van der Waals surface area contributed by atoms with Crippen LogP contribution in [0.25, 0.3) is 0 Å². The Balaban J connectivity index is 2.68. The SMILES string of the molecule is CCCN(C1CCCNC1)S(=O)(=O)CCOC. The molecule has 0 spiro atoms.